The molecule has 0 amide bonds. The van der Waals surface area contributed by atoms with Crippen LogP contribution >= 0.6 is 11.6 Å². The van der Waals surface area contributed by atoms with E-state index in [2.05, 4.69) is 4.98 Å². The van der Waals surface area contributed by atoms with Crippen molar-refractivity contribution in [3.05, 3.63) is 76.2 Å². The lowest BCUT2D eigenvalue weighted by Crippen LogP contribution is -2.15. The predicted octanol–water partition coefficient (Wildman–Crippen LogP) is 6.06. The van der Waals surface area contributed by atoms with Crippen molar-refractivity contribution < 1.29 is 28.6 Å². The Labute approximate surface area is 215 Å². The van der Waals surface area contributed by atoms with Crippen molar-refractivity contribution >= 4 is 23.2 Å². The summed E-state index contributed by atoms with van der Waals surface area (Å²) in [6.07, 6.45) is -0.0495. The number of nitrogens with zero attached hydrogens (tertiary/aromatic N) is 1. The van der Waals surface area contributed by atoms with Crippen LogP contribution in [0, 0.1) is 5.82 Å². The van der Waals surface area contributed by atoms with Crippen LogP contribution in [-0.2, 0) is 5.41 Å². The first-order chi connectivity index (χ1) is 17.0. The average molecular weight is 514 g/mol. The molecule has 6 nitrogen and oxygen atoms in total. The van der Waals surface area contributed by atoms with E-state index in [9.17, 15) is 14.0 Å². The second-order valence-electron chi connectivity index (χ2n) is 9.29. The van der Waals surface area contributed by atoms with Crippen molar-refractivity contribution in [3.63, 3.8) is 0 Å². The van der Waals surface area contributed by atoms with Crippen molar-refractivity contribution in [1.29, 1.82) is 0 Å². The molecule has 1 N–H and O–H groups in total. The molecule has 0 aliphatic heterocycles. The Hall–Kier alpha value is -3.29. The SMILES string of the molecule is COc1cc(C(=O)CCC(=O)c2cc(C(C)(C)C)cc(-c3ccc(F)c(Cl)c3)n2)ccc1OCCO. The Balaban J connectivity index is 1.82. The molecule has 3 aromatic rings. The maximum Gasteiger partial charge on any atom is 0.181 e. The summed E-state index contributed by atoms with van der Waals surface area (Å²) in [5.74, 6) is -0.267. The molecule has 0 aliphatic carbocycles. The van der Waals surface area contributed by atoms with Gasteiger partial charge in [0.1, 0.15) is 18.1 Å². The van der Waals surface area contributed by atoms with Gasteiger partial charge in [0.25, 0.3) is 0 Å². The van der Waals surface area contributed by atoms with E-state index in [1.54, 1.807) is 30.3 Å². The minimum atomic E-state index is -0.535. The van der Waals surface area contributed by atoms with Gasteiger partial charge < -0.3 is 14.6 Å². The number of aromatic nitrogens is 1. The third kappa shape index (κ3) is 6.68. The number of aliphatic hydroxyl groups excluding tert-OH is 1. The Bertz CT molecular complexity index is 1270. The molecule has 0 saturated carbocycles. The number of ether oxygens (including phenoxy) is 2. The highest BCUT2D eigenvalue weighted by molar-refractivity contribution is 6.31. The highest BCUT2D eigenvalue weighted by atomic mass is 35.5. The molecule has 2 aromatic carbocycles. The fraction of sp³-hybridized carbons (Fsp3) is 0.321. The molecule has 36 heavy (non-hydrogen) atoms. The number of ketones is 2. The topological polar surface area (TPSA) is 85.7 Å². The number of benzene rings is 2. The van der Waals surface area contributed by atoms with E-state index in [4.69, 9.17) is 26.2 Å². The van der Waals surface area contributed by atoms with E-state index in [1.807, 2.05) is 26.8 Å². The number of carbonyl (C=O) groups excluding carboxylic acids is 2. The van der Waals surface area contributed by atoms with Gasteiger partial charge >= 0.3 is 0 Å². The summed E-state index contributed by atoms with van der Waals surface area (Å²) in [6.45, 7) is 6.01. The summed E-state index contributed by atoms with van der Waals surface area (Å²) in [7, 11) is 1.46. The standard InChI is InChI=1S/C28H29ClFNO5/c1-28(2,3)19-15-22(17-5-7-21(30)20(29)13-17)31-23(16-19)25(34)9-8-24(33)18-6-10-26(36-12-11-32)27(14-18)35-4/h5-7,10,13-16,32H,8-9,11-12H2,1-4H3. The number of pyridine rings is 1. The maximum atomic E-state index is 13.7. The normalized spacial score (nSPS) is 11.3. The summed E-state index contributed by atoms with van der Waals surface area (Å²) in [6, 6.07) is 12.6. The Morgan fingerprint density at radius 2 is 1.72 bits per heavy atom. The van der Waals surface area contributed by atoms with E-state index in [-0.39, 0.29) is 53.8 Å². The molecule has 0 fully saturated rings. The summed E-state index contributed by atoms with van der Waals surface area (Å²) in [4.78, 5) is 30.4. The van der Waals surface area contributed by atoms with Gasteiger partial charge in [-0.3, -0.25) is 9.59 Å². The first-order valence-corrected chi connectivity index (χ1v) is 11.9. The number of halogens is 2. The molecule has 3 rings (SSSR count). The molecule has 1 heterocycles. The van der Waals surface area contributed by atoms with Gasteiger partial charge in [0.2, 0.25) is 0 Å². The van der Waals surface area contributed by atoms with Crippen LogP contribution in [0.1, 0.15) is 60.0 Å². The molecule has 0 radical (unpaired) electrons. The summed E-state index contributed by atoms with van der Waals surface area (Å²) in [5, 5.41) is 8.91. The van der Waals surface area contributed by atoms with Crippen LogP contribution < -0.4 is 9.47 Å². The van der Waals surface area contributed by atoms with Crippen molar-refractivity contribution in [2.45, 2.75) is 39.0 Å². The van der Waals surface area contributed by atoms with Crippen LogP contribution in [0.3, 0.4) is 0 Å². The molecule has 0 saturated heterocycles. The van der Waals surface area contributed by atoms with Gasteiger partial charge in [0.15, 0.2) is 23.1 Å². The van der Waals surface area contributed by atoms with Gasteiger partial charge in [-0.25, -0.2) is 9.37 Å². The Morgan fingerprint density at radius 1 is 1.00 bits per heavy atom. The monoisotopic (exact) mass is 513 g/mol. The third-order valence-corrected chi connectivity index (χ3v) is 5.90. The number of aliphatic hydroxyl groups is 1. The fourth-order valence-corrected chi connectivity index (χ4v) is 3.71. The number of Topliss-reactive ketones (excluding diaryl/α,β-unsaturated/α-hetero) is 2. The molecule has 0 atom stereocenters. The summed E-state index contributed by atoms with van der Waals surface area (Å²) in [5.41, 5.74) is 2.31. The molecule has 0 aliphatic rings. The van der Waals surface area contributed by atoms with E-state index in [0.717, 1.165) is 5.56 Å². The van der Waals surface area contributed by atoms with Gasteiger partial charge in [0, 0.05) is 24.0 Å². The maximum absolute atomic E-state index is 13.7. The molecular formula is C28H29ClFNO5. The van der Waals surface area contributed by atoms with Crippen molar-refractivity contribution in [2.75, 3.05) is 20.3 Å². The predicted molar refractivity (Wildman–Crippen MR) is 137 cm³/mol. The second-order valence-corrected chi connectivity index (χ2v) is 9.70. The van der Waals surface area contributed by atoms with Gasteiger partial charge in [-0.2, -0.15) is 0 Å². The van der Waals surface area contributed by atoms with Gasteiger partial charge in [0.05, 0.1) is 24.4 Å². The van der Waals surface area contributed by atoms with Gasteiger partial charge in [-0.15, -0.1) is 0 Å². The summed E-state index contributed by atoms with van der Waals surface area (Å²) >= 11 is 5.96. The second kappa shape index (κ2) is 11.6. The molecule has 0 unspecified atom stereocenters. The van der Waals surface area contributed by atoms with E-state index >= 15 is 0 Å². The minimum Gasteiger partial charge on any atom is -0.493 e. The Kier molecular flexibility index (Phi) is 8.82. The van der Waals surface area contributed by atoms with Crippen LogP contribution in [0.15, 0.2) is 48.5 Å². The molecule has 0 bridgehead atoms. The number of hydrogen-bond donors (Lipinski definition) is 1. The number of hydrogen-bond acceptors (Lipinski definition) is 6. The highest BCUT2D eigenvalue weighted by Crippen LogP contribution is 2.31. The third-order valence-electron chi connectivity index (χ3n) is 5.61. The number of methoxy groups -OCH3 is 1. The first kappa shape index (κ1) is 27.3. The fourth-order valence-electron chi connectivity index (χ4n) is 3.53. The zero-order valence-electron chi connectivity index (χ0n) is 20.7. The number of carbonyl (C=O) groups is 2. The van der Waals surface area contributed by atoms with Crippen molar-refractivity contribution in [2.24, 2.45) is 0 Å². The average Bonchev–Trinajstić information content (AvgIpc) is 2.86. The Morgan fingerprint density at radius 3 is 2.36 bits per heavy atom. The van der Waals surface area contributed by atoms with E-state index in [0.29, 0.717) is 28.3 Å². The minimum absolute atomic E-state index is 0.0159. The van der Waals surface area contributed by atoms with Gasteiger partial charge in [-0.1, -0.05) is 32.4 Å². The lowest BCUT2D eigenvalue weighted by Gasteiger charge is -2.21. The lowest BCUT2D eigenvalue weighted by molar-refractivity contribution is 0.0914. The molecule has 1 aromatic heterocycles. The molecule has 8 heteroatoms. The van der Waals surface area contributed by atoms with Gasteiger partial charge in [-0.05, 0) is 59.5 Å². The van der Waals surface area contributed by atoms with E-state index in [1.165, 1.54) is 19.2 Å². The van der Waals surface area contributed by atoms with Crippen LogP contribution in [0.4, 0.5) is 4.39 Å². The molecule has 190 valence electrons. The lowest BCUT2D eigenvalue weighted by atomic mass is 9.85. The van der Waals surface area contributed by atoms with E-state index < -0.39 is 5.82 Å². The largest absolute Gasteiger partial charge is 0.493 e. The molecule has 0 spiro atoms. The summed E-state index contributed by atoms with van der Waals surface area (Å²) < 4.78 is 24.3. The first-order valence-electron chi connectivity index (χ1n) is 11.5. The van der Waals surface area contributed by atoms with Crippen molar-refractivity contribution in [3.8, 4) is 22.8 Å². The van der Waals surface area contributed by atoms with Crippen molar-refractivity contribution in [1.82, 2.24) is 4.98 Å². The zero-order chi connectivity index (χ0) is 26.5. The van der Waals surface area contributed by atoms with Crippen LogP contribution in [0.5, 0.6) is 11.5 Å². The number of rotatable bonds is 10. The zero-order valence-corrected chi connectivity index (χ0v) is 21.5. The van der Waals surface area contributed by atoms with Crippen LogP contribution in [-0.4, -0.2) is 42.0 Å². The smallest absolute Gasteiger partial charge is 0.181 e. The van der Waals surface area contributed by atoms with Crippen LogP contribution in [0.2, 0.25) is 5.02 Å². The molecular weight excluding hydrogens is 485 g/mol. The highest BCUT2D eigenvalue weighted by Gasteiger charge is 2.21. The quantitative estimate of drug-likeness (QED) is 0.331. The van der Waals surface area contributed by atoms with Crippen LogP contribution in [0.25, 0.3) is 11.3 Å².